The summed E-state index contributed by atoms with van der Waals surface area (Å²) in [6, 6.07) is 41.1. The Morgan fingerprint density at radius 2 is 1.37 bits per heavy atom. The smallest absolute Gasteiger partial charge is 0.235 e. The van der Waals surface area contributed by atoms with Crippen LogP contribution in [0, 0.1) is 0 Å². The van der Waals surface area contributed by atoms with E-state index in [1.807, 2.05) is 17.4 Å². The van der Waals surface area contributed by atoms with Crippen LogP contribution in [0.4, 0.5) is 0 Å². The van der Waals surface area contributed by atoms with Crippen LogP contribution in [0.3, 0.4) is 0 Å². The number of para-hydroxylation sites is 2. The second kappa shape index (κ2) is 8.12. The van der Waals surface area contributed by atoms with E-state index in [1.165, 1.54) is 42.4 Å². The number of thiophene rings is 1. The summed E-state index contributed by atoms with van der Waals surface area (Å²) < 4.78 is 3.60. The fraction of sp³-hybridized carbons (Fsp3) is 0.0811. The van der Waals surface area contributed by atoms with Gasteiger partial charge in [0.05, 0.1) is 22.2 Å². The zero-order chi connectivity index (χ0) is 27.3. The standard InChI is InChI=1S/C37H25N3S/c1-37(2)28-17-9-6-15-24(28)35-33(37)27-20-31-26(21-32(27)41-35)23-14-8-11-19-30(23)40(31)36-38-29-18-10-7-16-25(29)34(39-36)22-12-4-3-5-13-22/h3-21H,1-2H3. The Bertz CT molecular complexity index is 2340. The normalized spacial score (nSPS) is 13.8. The number of rotatable bonds is 2. The number of hydrogen-bond donors (Lipinski definition) is 0. The van der Waals surface area contributed by atoms with Crippen LogP contribution in [-0.2, 0) is 5.41 Å². The second-order valence-electron chi connectivity index (χ2n) is 11.5. The summed E-state index contributed by atoms with van der Waals surface area (Å²) in [6.45, 7) is 4.73. The Labute approximate surface area is 241 Å². The van der Waals surface area contributed by atoms with Gasteiger partial charge in [0, 0.05) is 36.7 Å². The highest BCUT2D eigenvalue weighted by Crippen LogP contribution is 2.56. The van der Waals surface area contributed by atoms with Crippen molar-refractivity contribution in [3.05, 3.63) is 126 Å². The molecule has 1 aliphatic carbocycles. The molecule has 8 aromatic rings. The Morgan fingerprint density at radius 1 is 0.634 bits per heavy atom. The molecule has 0 bridgehead atoms. The van der Waals surface area contributed by atoms with Gasteiger partial charge >= 0.3 is 0 Å². The first kappa shape index (κ1) is 23.0. The molecule has 4 heteroatoms. The molecule has 5 aromatic carbocycles. The Kier molecular flexibility index (Phi) is 4.55. The first-order valence-electron chi connectivity index (χ1n) is 14.0. The summed E-state index contributed by atoms with van der Waals surface area (Å²) in [5, 5.41) is 4.83. The van der Waals surface area contributed by atoms with Crippen molar-refractivity contribution < 1.29 is 0 Å². The highest BCUT2D eigenvalue weighted by Gasteiger charge is 2.38. The summed E-state index contributed by atoms with van der Waals surface area (Å²) in [4.78, 5) is 11.8. The van der Waals surface area contributed by atoms with Gasteiger partial charge in [-0.2, -0.15) is 0 Å². The number of nitrogens with zero attached hydrogens (tertiary/aromatic N) is 3. The van der Waals surface area contributed by atoms with Crippen LogP contribution in [-0.4, -0.2) is 14.5 Å². The number of aromatic nitrogens is 3. The summed E-state index contributed by atoms with van der Waals surface area (Å²) in [5.74, 6) is 0.697. The van der Waals surface area contributed by atoms with E-state index in [4.69, 9.17) is 9.97 Å². The molecule has 0 aliphatic heterocycles. The number of hydrogen-bond acceptors (Lipinski definition) is 3. The van der Waals surface area contributed by atoms with Gasteiger partial charge < -0.3 is 0 Å². The van der Waals surface area contributed by atoms with Gasteiger partial charge in [-0.05, 0) is 46.3 Å². The first-order chi connectivity index (χ1) is 20.1. The largest absolute Gasteiger partial charge is 0.278 e. The summed E-state index contributed by atoms with van der Waals surface area (Å²) in [6.07, 6.45) is 0. The van der Waals surface area contributed by atoms with Gasteiger partial charge in [-0.3, -0.25) is 4.57 Å². The fourth-order valence-electron chi connectivity index (χ4n) is 6.93. The Balaban J connectivity index is 1.40. The SMILES string of the molecule is CC1(C)c2ccccc2-c2sc3cc4c5ccccc5n(-c5nc(-c6ccccc6)c6ccccc6n5)c4cc3c21. The lowest BCUT2D eigenvalue weighted by molar-refractivity contribution is 0.667. The maximum atomic E-state index is 5.27. The molecule has 41 heavy (non-hydrogen) atoms. The topological polar surface area (TPSA) is 30.7 Å². The van der Waals surface area contributed by atoms with Crippen LogP contribution in [0.1, 0.15) is 25.0 Å². The van der Waals surface area contributed by atoms with E-state index in [0.29, 0.717) is 5.95 Å². The molecule has 0 unspecified atom stereocenters. The van der Waals surface area contributed by atoms with Gasteiger partial charge in [0.15, 0.2) is 0 Å². The van der Waals surface area contributed by atoms with Crippen molar-refractivity contribution in [3.63, 3.8) is 0 Å². The lowest BCUT2D eigenvalue weighted by atomic mass is 9.81. The average Bonchev–Trinajstić information content (AvgIpc) is 3.62. The maximum Gasteiger partial charge on any atom is 0.235 e. The van der Waals surface area contributed by atoms with E-state index in [1.54, 1.807) is 0 Å². The Morgan fingerprint density at radius 3 is 2.24 bits per heavy atom. The molecule has 1 aliphatic rings. The van der Waals surface area contributed by atoms with Crippen LogP contribution in [0.25, 0.3) is 70.4 Å². The van der Waals surface area contributed by atoms with Gasteiger partial charge in [0.2, 0.25) is 5.95 Å². The quantitative estimate of drug-likeness (QED) is 0.217. The third-order valence-electron chi connectivity index (χ3n) is 8.79. The van der Waals surface area contributed by atoms with E-state index in [0.717, 1.165) is 33.2 Å². The highest BCUT2D eigenvalue weighted by atomic mass is 32.1. The van der Waals surface area contributed by atoms with E-state index >= 15 is 0 Å². The molecule has 9 rings (SSSR count). The summed E-state index contributed by atoms with van der Waals surface area (Å²) in [5.41, 5.74) is 9.39. The predicted octanol–water partition coefficient (Wildman–Crippen LogP) is 9.91. The third-order valence-corrected chi connectivity index (χ3v) is 9.98. The minimum atomic E-state index is -0.0609. The monoisotopic (exact) mass is 543 g/mol. The molecule has 0 spiro atoms. The zero-order valence-electron chi connectivity index (χ0n) is 22.7. The van der Waals surface area contributed by atoms with Crippen LogP contribution in [0.2, 0.25) is 0 Å². The second-order valence-corrected chi connectivity index (χ2v) is 12.5. The van der Waals surface area contributed by atoms with E-state index in [9.17, 15) is 0 Å². The minimum Gasteiger partial charge on any atom is -0.278 e. The van der Waals surface area contributed by atoms with Crippen molar-refractivity contribution >= 4 is 54.1 Å². The lowest BCUT2D eigenvalue weighted by Gasteiger charge is -2.21. The van der Waals surface area contributed by atoms with Crippen molar-refractivity contribution in [2.24, 2.45) is 0 Å². The third kappa shape index (κ3) is 3.08. The minimum absolute atomic E-state index is 0.0609. The molecule has 194 valence electrons. The highest BCUT2D eigenvalue weighted by molar-refractivity contribution is 7.22. The van der Waals surface area contributed by atoms with Gasteiger partial charge in [0.25, 0.3) is 0 Å². The number of fused-ring (bicyclic) bond motifs is 9. The van der Waals surface area contributed by atoms with Gasteiger partial charge in [-0.25, -0.2) is 9.97 Å². The van der Waals surface area contributed by atoms with Crippen LogP contribution in [0.15, 0.2) is 115 Å². The molecule has 3 aromatic heterocycles. The summed E-state index contributed by atoms with van der Waals surface area (Å²) in [7, 11) is 0. The number of benzene rings is 5. The first-order valence-corrected chi connectivity index (χ1v) is 14.8. The van der Waals surface area contributed by atoms with Crippen molar-refractivity contribution in [1.29, 1.82) is 0 Å². The summed E-state index contributed by atoms with van der Waals surface area (Å²) >= 11 is 1.92. The molecule has 0 radical (unpaired) electrons. The van der Waals surface area contributed by atoms with Gasteiger partial charge in [-0.1, -0.05) is 105 Å². The van der Waals surface area contributed by atoms with Crippen molar-refractivity contribution in [3.8, 4) is 27.6 Å². The molecule has 0 saturated carbocycles. The van der Waals surface area contributed by atoms with Gasteiger partial charge in [0.1, 0.15) is 0 Å². The van der Waals surface area contributed by atoms with Gasteiger partial charge in [-0.15, -0.1) is 11.3 Å². The predicted molar refractivity (Wildman–Crippen MR) is 172 cm³/mol. The molecule has 0 atom stereocenters. The molecule has 3 nitrogen and oxygen atoms in total. The van der Waals surface area contributed by atoms with Crippen LogP contribution < -0.4 is 0 Å². The average molecular weight is 544 g/mol. The molecule has 0 fully saturated rings. The molecule has 0 saturated heterocycles. The molecule has 0 amide bonds. The van der Waals surface area contributed by atoms with Crippen molar-refractivity contribution in [1.82, 2.24) is 14.5 Å². The zero-order valence-corrected chi connectivity index (χ0v) is 23.5. The lowest BCUT2D eigenvalue weighted by Crippen LogP contribution is -2.14. The van der Waals surface area contributed by atoms with Crippen LogP contribution >= 0.6 is 11.3 Å². The van der Waals surface area contributed by atoms with Crippen molar-refractivity contribution in [2.75, 3.05) is 0 Å². The van der Waals surface area contributed by atoms with E-state index < -0.39 is 0 Å². The Hall–Kier alpha value is -4.80. The fourth-order valence-corrected chi connectivity index (χ4v) is 8.35. The molecular weight excluding hydrogens is 518 g/mol. The molecule has 0 N–H and O–H groups in total. The van der Waals surface area contributed by atoms with E-state index in [2.05, 4.69) is 128 Å². The van der Waals surface area contributed by atoms with Crippen LogP contribution in [0.5, 0.6) is 0 Å². The van der Waals surface area contributed by atoms with Crippen molar-refractivity contribution in [2.45, 2.75) is 19.3 Å². The molecular formula is C37H25N3S. The molecule has 3 heterocycles. The van der Waals surface area contributed by atoms with E-state index in [-0.39, 0.29) is 5.41 Å². The maximum absolute atomic E-state index is 5.27.